The lowest BCUT2D eigenvalue weighted by Gasteiger charge is -2.22. The van der Waals surface area contributed by atoms with Gasteiger partial charge in [0.05, 0.1) is 0 Å². The average Bonchev–Trinajstić information content (AvgIpc) is 3.20. The quantitative estimate of drug-likeness (QED) is 0.361. The van der Waals surface area contributed by atoms with Crippen LogP contribution < -0.4 is 16.4 Å². The first-order valence-electron chi connectivity index (χ1n) is 11.3. The van der Waals surface area contributed by atoms with E-state index in [-0.39, 0.29) is 12.3 Å². The van der Waals surface area contributed by atoms with E-state index < -0.39 is 23.9 Å². The van der Waals surface area contributed by atoms with Gasteiger partial charge in [0.1, 0.15) is 12.1 Å². The molecule has 2 atom stereocenters. The van der Waals surface area contributed by atoms with Crippen molar-refractivity contribution in [2.24, 2.45) is 11.7 Å². The molecule has 0 radical (unpaired) electrons. The number of hydrogen-bond donors (Lipinski definition) is 4. The Morgan fingerprint density at radius 3 is 2.30 bits per heavy atom. The third kappa shape index (κ3) is 6.94. The zero-order valence-corrected chi connectivity index (χ0v) is 19.1. The normalized spacial score (nSPS) is 12.9. The van der Waals surface area contributed by atoms with E-state index >= 15 is 0 Å². The number of aromatic amines is 1. The maximum atomic E-state index is 13.2. The molecule has 3 aromatic rings. The number of H-pyrrole nitrogens is 1. The molecule has 5 N–H and O–H groups in total. The van der Waals surface area contributed by atoms with E-state index in [0.29, 0.717) is 18.8 Å². The fourth-order valence-corrected chi connectivity index (χ4v) is 3.76. The summed E-state index contributed by atoms with van der Waals surface area (Å²) in [4.78, 5) is 41.0. The zero-order chi connectivity index (χ0) is 23.8. The van der Waals surface area contributed by atoms with Gasteiger partial charge in [0.2, 0.25) is 17.7 Å². The second kappa shape index (κ2) is 11.3. The second-order valence-electron chi connectivity index (χ2n) is 8.77. The third-order valence-electron chi connectivity index (χ3n) is 5.64. The minimum Gasteiger partial charge on any atom is -0.368 e. The number of carbonyl (C=O) groups excluding carboxylic acids is 3. The van der Waals surface area contributed by atoms with Crippen LogP contribution in [0.4, 0.5) is 0 Å². The Hall–Kier alpha value is -3.61. The van der Waals surface area contributed by atoms with Crippen molar-refractivity contribution < 1.29 is 14.4 Å². The molecule has 3 rings (SSSR count). The molecule has 0 spiro atoms. The van der Waals surface area contributed by atoms with Crippen molar-refractivity contribution >= 4 is 28.6 Å². The maximum absolute atomic E-state index is 13.2. The van der Waals surface area contributed by atoms with E-state index in [4.69, 9.17) is 5.73 Å². The van der Waals surface area contributed by atoms with Gasteiger partial charge in [0, 0.05) is 36.4 Å². The smallest absolute Gasteiger partial charge is 0.243 e. The molecule has 7 heteroatoms. The zero-order valence-electron chi connectivity index (χ0n) is 19.1. The molecule has 0 aliphatic heterocycles. The Kier molecular flexibility index (Phi) is 8.24. The Morgan fingerprint density at radius 1 is 0.909 bits per heavy atom. The molecule has 174 valence electrons. The maximum Gasteiger partial charge on any atom is 0.243 e. The van der Waals surface area contributed by atoms with Crippen LogP contribution >= 0.6 is 0 Å². The number of nitrogens with one attached hydrogen (secondary N) is 3. The predicted octanol–water partition coefficient (Wildman–Crippen LogP) is 2.84. The van der Waals surface area contributed by atoms with Gasteiger partial charge in [-0.25, -0.2) is 0 Å². The van der Waals surface area contributed by atoms with Gasteiger partial charge >= 0.3 is 0 Å². The summed E-state index contributed by atoms with van der Waals surface area (Å²) in [6, 6.07) is 15.5. The molecule has 3 amide bonds. The average molecular weight is 449 g/mol. The number of aromatic nitrogens is 1. The van der Waals surface area contributed by atoms with Crippen molar-refractivity contribution in [3.05, 3.63) is 71.9 Å². The molecule has 0 aliphatic carbocycles. The van der Waals surface area contributed by atoms with Gasteiger partial charge in [-0.2, -0.15) is 0 Å². The van der Waals surface area contributed by atoms with Crippen LogP contribution in [-0.2, 0) is 27.2 Å². The first kappa shape index (κ1) is 24.0. The number of carbonyl (C=O) groups is 3. The largest absolute Gasteiger partial charge is 0.368 e. The topological polar surface area (TPSA) is 117 Å². The van der Waals surface area contributed by atoms with Gasteiger partial charge in [-0.3, -0.25) is 14.4 Å². The van der Waals surface area contributed by atoms with Crippen LogP contribution in [0.5, 0.6) is 0 Å². The lowest BCUT2D eigenvalue weighted by atomic mass is 10.0. The van der Waals surface area contributed by atoms with E-state index in [2.05, 4.69) is 15.6 Å². The minimum absolute atomic E-state index is 0.188. The molecule has 0 saturated heterocycles. The summed E-state index contributed by atoms with van der Waals surface area (Å²) in [7, 11) is 0. The number of hydrogen-bond acceptors (Lipinski definition) is 3. The molecular weight excluding hydrogens is 416 g/mol. The SMILES string of the molecule is CC(C)CCC(=O)N[C@@H](Cc1ccccc1)C(=O)N[C@@H](Cc1c[nH]c2ccccc12)C(N)=O. The summed E-state index contributed by atoms with van der Waals surface area (Å²) in [5, 5.41) is 6.59. The third-order valence-corrected chi connectivity index (χ3v) is 5.64. The van der Waals surface area contributed by atoms with E-state index in [1.807, 2.05) is 74.6 Å². The highest BCUT2D eigenvalue weighted by molar-refractivity contribution is 5.92. The van der Waals surface area contributed by atoms with Crippen LogP contribution in [0.15, 0.2) is 60.8 Å². The first-order valence-corrected chi connectivity index (χ1v) is 11.3. The van der Waals surface area contributed by atoms with E-state index in [0.717, 1.165) is 28.5 Å². The van der Waals surface area contributed by atoms with Crippen LogP contribution in [0.25, 0.3) is 10.9 Å². The molecule has 0 fully saturated rings. The highest BCUT2D eigenvalue weighted by atomic mass is 16.2. The van der Waals surface area contributed by atoms with Crippen LogP contribution in [0, 0.1) is 5.92 Å². The lowest BCUT2D eigenvalue weighted by molar-refractivity contribution is -0.131. The number of para-hydroxylation sites is 1. The summed E-state index contributed by atoms with van der Waals surface area (Å²) in [6.45, 7) is 4.09. The highest BCUT2D eigenvalue weighted by Gasteiger charge is 2.26. The van der Waals surface area contributed by atoms with Gasteiger partial charge < -0.3 is 21.4 Å². The molecule has 2 aromatic carbocycles. The van der Waals surface area contributed by atoms with Gasteiger partial charge in [-0.05, 0) is 29.5 Å². The standard InChI is InChI=1S/C26H32N4O3/c1-17(2)12-13-24(31)29-23(14-18-8-4-3-5-9-18)26(33)30-22(25(27)32)15-19-16-28-21-11-7-6-10-20(19)21/h3-11,16-17,22-23,28H,12-15H2,1-2H3,(H2,27,32)(H,29,31)(H,30,33)/t22-,23-/m0/s1. The lowest BCUT2D eigenvalue weighted by Crippen LogP contribution is -2.54. The number of primary amides is 1. The molecule has 0 bridgehead atoms. The summed E-state index contributed by atoms with van der Waals surface area (Å²) in [6.07, 6.45) is 3.46. The van der Waals surface area contributed by atoms with Crippen LogP contribution in [-0.4, -0.2) is 34.8 Å². The van der Waals surface area contributed by atoms with Crippen LogP contribution in [0.1, 0.15) is 37.8 Å². The summed E-state index contributed by atoms with van der Waals surface area (Å²) in [5.41, 5.74) is 8.37. The van der Waals surface area contributed by atoms with Crippen LogP contribution in [0.3, 0.4) is 0 Å². The van der Waals surface area contributed by atoms with Crippen molar-refractivity contribution in [3.8, 4) is 0 Å². The molecular formula is C26H32N4O3. The van der Waals surface area contributed by atoms with Crippen molar-refractivity contribution in [1.29, 1.82) is 0 Å². The Bertz CT molecular complexity index is 1090. The van der Waals surface area contributed by atoms with Crippen molar-refractivity contribution in [1.82, 2.24) is 15.6 Å². The van der Waals surface area contributed by atoms with E-state index in [1.165, 1.54) is 0 Å². The molecule has 7 nitrogen and oxygen atoms in total. The fraction of sp³-hybridized carbons (Fsp3) is 0.346. The van der Waals surface area contributed by atoms with Gasteiger partial charge in [0.15, 0.2) is 0 Å². The van der Waals surface area contributed by atoms with Crippen molar-refractivity contribution in [3.63, 3.8) is 0 Å². The molecule has 0 unspecified atom stereocenters. The Morgan fingerprint density at radius 2 is 1.61 bits per heavy atom. The number of fused-ring (bicyclic) bond motifs is 1. The first-order chi connectivity index (χ1) is 15.8. The summed E-state index contributed by atoms with van der Waals surface area (Å²) >= 11 is 0. The monoisotopic (exact) mass is 448 g/mol. The number of benzene rings is 2. The number of rotatable bonds is 11. The van der Waals surface area contributed by atoms with Crippen LogP contribution in [0.2, 0.25) is 0 Å². The van der Waals surface area contributed by atoms with Crippen molar-refractivity contribution in [2.45, 2.75) is 51.6 Å². The summed E-state index contributed by atoms with van der Waals surface area (Å²) in [5.74, 6) is -0.863. The summed E-state index contributed by atoms with van der Waals surface area (Å²) < 4.78 is 0. The fourth-order valence-electron chi connectivity index (χ4n) is 3.76. The van der Waals surface area contributed by atoms with Gasteiger partial charge in [-0.15, -0.1) is 0 Å². The predicted molar refractivity (Wildman–Crippen MR) is 129 cm³/mol. The number of nitrogens with two attached hydrogens (primary N) is 1. The van der Waals surface area contributed by atoms with Gasteiger partial charge in [-0.1, -0.05) is 62.4 Å². The van der Waals surface area contributed by atoms with E-state index in [1.54, 1.807) is 0 Å². The second-order valence-corrected chi connectivity index (χ2v) is 8.77. The Labute approximate surface area is 194 Å². The highest BCUT2D eigenvalue weighted by Crippen LogP contribution is 2.19. The minimum atomic E-state index is -0.900. The molecule has 33 heavy (non-hydrogen) atoms. The molecule has 1 aromatic heterocycles. The molecule has 1 heterocycles. The Balaban J connectivity index is 1.74. The number of amides is 3. The molecule has 0 saturated carbocycles. The van der Waals surface area contributed by atoms with Crippen molar-refractivity contribution in [2.75, 3.05) is 0 Å². The molecule has 0 aliphatic rings. The van der Waals surface area contributed by atoms with Gasteiger partial charge in [0.25, 0.3) is 0 Å². The van der Waals surface area contributed by atoms with E-state index in [9.17, 15) is 14.4 Å².